The van der Waals surface area contributed by atoms with Crippen molar-refractivity contribution in [3.05, 3.63) is 70.9 Å². The molecular weight excluding hydrogens is 697 g/mol. The number of unbranched alkanes of at least 4 members (excludes halogenated alkanes) is 4. The second-order valence-electron chi connectivity index (χ2n) is 14.3. The lowest BCUT2D eigenvalue weighted by Gasteiger charge is -2.28. The Balaban J connectivity index is 1.83. The van der Waals surface area contributed by atoms with E-state index in [1.165, 1.54) is 24.3 Å². The van der Waals surface area contributed by atoms with E-state index in [-0.39, 0.29) is 22.6 Å². The number of fused-ring (bicyclic) bond motifs is 2. The van der Waals surface area contributed by atoms with E-state index in [1.54, 1.807) is 12.1 Å². The Hall–Kier alpha value is -3.85. The zero-order valence-electron chi connectivity index (χ0n) is 29.8. The summed E-state index contributed by atoms with van der Waals surface area (Å²) in [5, 5.41) is 18.2. The van der Waals surface area contributed by atoms with Gasteiger partial charge in [-0.1, -0.05) is 27.2 Å². The molecule has 278 valence electrons. The van der Waals surface area contributed by atoms with Crippen LogP contribution < -0.4 is 4.90 Å². The fourth-order valence-corrected chi connectivity index (χ4v) is 8.09. The molecule has 51 heavy (non-hydrogen) atoms. The van der Waals surface area contributed by atoms with Crippen molar-refractivity contribution in [2.45, 2.75) is 113 Å². The number of carboxylic acids is 2. The smallest absolute Gasteiger partial charge is 0.303 e. The largest absolute Gasteiger partial charge is 0.481 e. The molecule has 2 heterocycles. The number of carbonyl (C=O) groups is 2. The standard InChI is InChI=1S/C37H48N2O10S2/c1-6-25(21-32-36(2,3)28-23-26(50(44,45)46)15-17-30(28)38(32)19-11-7-9-13-34(40)41)22-33-37(4,5)29-24-27(51(47,48)49)16-18-31(29)39(33)20-12-8-10-14-35(42)43/h15-18,21-24H,6-14,19-20H2,1-5H3,(H3-,40,41,42,43,44,45,46,47,48,49)/p+1. The minimum Gasteiger partial charge on any atom is -0.481 e. The molecule has 2 aliphatic rings. The molecule has 0 aromatic heterocycles. The Morgan fingerprint density at radius 3 is 1.86 bits per heavy atom. The van der Waals surface area contributed by atoms with Crippen LogP contribution in [0.5, 0.6) is 0 Å². The summed E-state index contributed by atoms with van der Waals surface area (Å²) in [7, 11) is -8.91. The van der Waals surface area contributed by atoms with Crippen molar-refractivity contribution in [2.24, 2.45) is 0 Å². The van der Waals surface area contributed by atoms with Gasteiger partial charge in [0.25, 0.3) is 20.2 Å². The molecule has 14 heteroatoms. The lowest BCUT2D eigenvalue weighted by atomic mass is 9.80. The van der Waals surface area contributed by atoms with Crippen LogP contribution in [0.15, 0.2) is 69.6 Å². The van der Waals surface area contributed by atoms with Gasteiger partial charge in [0.2, 0.25) is 5.69 Å². The highest BCUT2D eigenvalue weighted by Gasteiger charge is 2.46. The molecule has 0 amide bonds. The summed E-state index contributed by atoms with van der Waals surface area (Å²) < 4.78 is 70.3. The first-order chi connectivity index (χ1) is 23.7. The number of anilines is 1. The van der Waals surface area contributed by atoms with Gasteiger partial charge in [-0.15, -0.1) is 0 Å². The monoisotopic (exact) mass is 745 g/mol. The molecule has 2 aliphatic heterocycles. The van der Waals surface area contributed by atoms with E-state index in [2.05, 4.69) is 21.6 Å². The summed E-state index contributed by atoms with van der Waals surface area (Å²) in [5.41, 5.74) is 4.44. The van der Waals surface area contributed by atoms with E-state index in [1.807, 2.05) is 34.6 Å². The van der Waals surface area contributed by atoms with E-state index in [4.69, 9.17) is 10.2 Å². The van der Waals surface area contributed by atoms with E-state index < -0.39 is 43.0 Å². The Labute approximate surface area is 300 Å². The number of nitrogens with zero attached hydrogens (tertiary/aromatic N) is 2. The van der Waals surface area contributed by atoms with Gasteiger partial charge in [-0.3, -0.25) is 18.7 Å². The van der Waals surface area contributed by atoms with Gasteiger partial charge in [0.15, 0.2) is 5.71 Å². The average Bonchev–Trinajstić information content (AvgIpc) is 3.37. The van der Waals surface area contributed by atoms with Crippen LogP contribution >= 0.6 is 0 Å². The third-order valence-electron chi connectivity index (χ3n) is 9.92. The SMILES string of the molecule is CCC(=C\C1=[N+](CCCCCC(=O)O)c2ccc(S(=O)(=O)O)cc2C1(C)C)/C=C1/N(CCCCCC(=O)O)c2ccc(S(=O)(=O)O)cc2C1(C)C. The molecule has 4 N–H and O–H groups in total. The topological polar surface area (TPSA) is 190 Å². The highest BCUT2D eigenvalue weighted by molar-refractivity contribution is 7.86. The zero-order valence-corrected chi connectivity index (χ0v) is 31.5. The third-order valence-corrected chi connectivity index (χ3v) is 11.6. The van der Waals surface area contributed by atoms with E-state index >= 15 is 0 Å². The molecule has 0 bridgehead atoms. The molecule has 0 atom stereocenters. The van der Waals surface area contributed by atoms with Gasteiger partial charge in [0.1, 0.15) is 6.54 Å². The molecule has 0 saturated heterocycles. The Morgan fingerprint density at radius 2 is 1.31 bits per heavy atom. The van der Waals surface area contributed by atoms with Crippen molar-refractivity contribution in [3.63, 3.8) is 0 Å². The predicted molar refractivity (Wildman–Crippen MR) is 194 cm³/mol. The Kier molecular flexibility index (Phi) is 12.1. The number of hydrogen-bond acceptors (Lipinski definition) is 7. The first-order valence-electron chi connectivity index (χ1n) is 17.2. The highest BCUT2D eigenvalue weighted by Crippen LogP contribution is 2.49. The van der Waals surface area contributed by atoms with Crippen LogP contribution in [0.4, 0.5) is 11.4 Å². The van der Waals surface area contributed by atoms with Gasteiger partial charge in [0, 0.05) is 60.3 Å². The maximum absolute atomic E-state index is 12.1. The maximum Gasteiger partial charge on any atom is 0.303 e. The first kappa shape index (κ1) is 39.9. The minimum absolute atomic E-state index is 0.0732. The third kappa shape index (κ3) is 8.97. The maximum atomic E-state index is 12.1. The van der Waals surface area contributed by atoms with Crippen molar-refractivity contribution in [2.75, 3.05) is 18.0 Å². The van der Waals surface area contributed by atoms with Crippen LogP contribution in [-0.4, -0.2) is 71.5 Å². The van der Waals surface area contributed by atoms with Gasteiger partial charge in [0.05, 0.1) is 15.2 Å². The van der Waals surface area contributed by atoms with E-state index in [0.717, 1.165) is 39.5 Å². The van der Waals surface area contributed by atoms with Crippen LogP contribution in [-0.2, 0) is 40.7 Å². The van der Waals surface area contributed by atoms with Crippen molar-refractivity contribution in [1.82, 2.24) is 0 Å². The molecule has 0 saturated carbocycles. The first-order valence-corrected chi connectivity index (χ1v) is 20.1. The molecule has 0 aliphatic carbocycles. The second kappa shape index (κ2) is 15.4. The Bertz CT molecular complexity index is 2010. The van der Waals surface area contributed by atoms with Crippen molar-refractivity contribution in [1.29, 1.82) is 0 Å². The quantitative estimate of drug-likeness (QED) is 0.0752. The average molecular weight is 746 g/mol. The molecule has 2 aromatic carbocycles. The highest BCUT2D eigenvalue weighted by atomic mass is 32.2. The van der Waals surface area contributed by atoms with Crippen LogP contribution in [0.3, 0.4) is 0 Å². The number of aliphatic carboxylic acids is 2. The van der Waals surface area contributed by atoms with Crippen LogP contribution in [0.25, 0.3) is 0 Å². The molecule has 12 nitrogen and oxygen atoms in total. The lowest BCUT2D eigenvalue weighted by molar-refractivity contribution is -0.438. The molecule has 0 unspecified atom stereocenters. The van der Waals surface area contributed by atoms with E-state index in [9.17, 15) is 35.5 Å². The molecule has 0 fully saturated rings. The molecule has 0 radical (unpaired) electrons. The van der Waals surface area contributed by atoms with Gasteiger partial charge in [-0.2, -0.15) is 21.4 Å². The van der Waals surface area contributed by atoms with E-state index in [0.29, 0.717) is 58.0 Å². The number of hydrogen-bond donors (Lipinski definition) is 4. The summed E-state index contributed by atoms with van der Waals surface area (Å²) >= 11 is 0. The molecule has 4 rings (SSSR count). The van der Waals surface area contributed by atoms with Crippen LogP contribution in [0, 0.1) is 0 Å². The fourth-order valence-electron chi connectivity index (χ4n) is 7.07. The fraction of sp³-hybridized carbons (Fsp3) is 0.486. The lowest BCUT2D eigenvalue weighted by Crippen LogP contribution is -2.29. The minimum atomic E-state index is -4.46. The van der Waals surface area contributed by atoms with Crippen molar-refractivity contribution >= 4 is 49.3 Å². The van der Waals surface area contributed by atoms with Gasteiger partial charge in [-0.25, -0.2) is 0 Å². The summed E-state index contributed by atoms with van der Waals surface area (Å²) in [6, 6.07) is 9.15. The number of carboxylic acid groups (broad SMARTS) is 2. The number of benzene rings is 2. The number of allylic oxidation sites excluding steroid dienone is 4. The van der Waals surface area contributed by atoms with Gasteiger partial charge < -0.3 is 15.1 Å². The van der Waals surface area contributed by atoms with Gasteiger partial charge >= 0.3 is 11.9 Å². The summed E-state index contributed by atoms with van der Waals surface area (Å²) in [4.78, 5) is 23.9. The summed E-state index contributed by atoms with van der Waals surface area (Å²) in [5.74, 6) is -1.70. The van der Waals surface area contributed by atoms with Crippen molar-refractivity contribution in [3.8, 4) is 0 Å². The number of rotatable bonds is 17. The molecule has 2 aromatic rings. The zero-order chi connectivity index (χ0) is 37.9. The molecule has 0 spiro atoms. The van der Waals surface area contributed by atoms with Gasteiger partial charge in [-0.05, 0) is 93.5 Å². The Morgan fingerprint density at radius 1 is 0.765 bits per heavy atom. The molecular formula is C37H49N2O10S2+. The summed E-state index contributed by atoms with van der Waals surface area (Å²) in [6.07, 6.45) is 8.74. The van der Waals surface area contributed by atoms with Crippen LogP contribution in [0.2, 0.25) is 0 Å². The second-order valence-corrected chi connectivity index (χ2v) is 17.1. The predicted octanol–water partition coefficient (Wildman–Crippen LogP) is 6.86. The normalized spacial score (nSPS) is 17.6. The summed E-state index contributed by atoms with van der Waals surface area (Å²) in [6.45, 7) is 11.1. The van der Waals surface area contributed by atoms with Crippen molar-refractivity contribution < 1.29 is 50.3 Å². The van der Waals surface area contributed by atoms with Crippen LogP contribution in [0.1, 0.15) is 104 Å².